The first kappa shape index (κ1) is 12.8. The average molecular weight is 288 g/mol. The van der Waals surface area contributed by atoms with Crippen molar-refractivity contribution in [3.05, 3.63) is 42.1 Å². The molecule has 1 aromatic carbocycles. The zero-order valence-electron chi connectivity index (χ0n) is 10.7. The molecule has 0 bridgehead atoms. The topological polar surface area (TPSA) is 102 Å². The molecule has 3 rings (SSSR count). The highest BCUT2D eigenvalue weighted by Gasteiger charge is 2.16. The predicted octanol–water partition coefficient (Wildman–Crippen LogP) is 1.58. The number of hydrogen-bond acceptors (Lipinski definition) is 4. The molecule has 0 aliphatic heterocycles. The number of nitrogens with zero attached hydrogens (tertiary/aromatic N) is 2. The third-order valence-electron chi connectivity index (χ3n) is 3.10. The largest absolute Gasteiger partial charge is 0.337 e. The van der Waals surface area contributed by atoms with Gasteiger partial charge in [0.1, 0.15) is 5.82 Å². The third kappa shape index (κ3) is 2.06. The first-order valence-electron chi connectivity index (χ1n) is 5.90. The lowest BCUT2D eigenvalue weighted by atomic mass is 10.1. The molecule has 0 unspecified atom stereocenters. The number of imidazole rings is 1. The van der Waals surface area contributed by atoms with Gasteiger partial charge in [-0.1, -0.05) is 12.1 Å². The molecule has 0 aliphatic carbocycles. The van der Waals surface area contributed by atoms with Gasteiger partial charge < -0.3 is 4.98 Å². The zero-order valence-corrected chi connectivity index (χ0v) is 11.5. The van der Waals surface area contributed by atoms with Gasteiger partial charge in [0, 0.05) is 11.8 Å². The number of aromatic amines is 1. The monoisotopic (exact) mass is 288 g/mol. The molecule has 7 heteroatoms. The van der Waals surface area contributed by atoms with E-state index >= 15 is 0 Å². The lowest BCUT2D eigenvalue weighted by molar-refractivity contribution is 0.597. The summed E-state index contributed by atoms with van der Waals surface area (Å²) in [6.45, 7) is 1.70. The molecule has 0 aliphatic rings. The maximum atomic E-state index is 11.5. The van der Waals surface area contributed by atoms with Gasteiger partial charge in [0.2, 0.25) is 10.0 Å². The van der Waals surface area contributed by atoms with Crippen molar-refractivity contribution in [1.29, 1.82) is 0 Å². The first-order chi connectivity index (χ1) is 9.47. The highest BCUT2D eigenvalue weighted by Crippen LogP contribution is 2.26. The fourth-order valence-corrected chi connectivity index (χ4v) is 2.96. The van der Waals surface area contributed by atoms with Crippen LogP contribution in [0.4, 0.5) is 0 Å². The van der Waals surface area contributed by atoms with E-state index in [1.165, 1.54) is 6.07 Å². The number of hydrogen-bond donors (Lipinski definition) is 2. The Balaban J connectivity index is 2.24. The van der Waals surface area contributed by atoms with Crippen molar-refractivity contribution in [2.45, 2.75) is 11.8 Å². The van der Waals surface area contributed by atoms with Crippen LogP contribution in [0.1, 0.15) is 5.56 Å². The van der Waals surface area contributed by atoms with E-state index in [4.69, 9.17) is 5.14 Å². The Labute approximate surface area is 115 Å². The van der Waals surface area contributed by atoms with Crippen molar-refractivity contribution < 1.29 is 8.42 Å². The highest BCUT2D eigenvalue weighted by molar-refractivity contribution is 7.89. The van der Waals surface area contributed by atoms with Crippen LogP contribution in [0, 0.1) is 6.92 Å². The summed E-state index contributed by atoms with van der Waals surface area (Å²) in [7, 11) is -3.75. The van der Waals surface area contributed by atoms with Crippen molar-refractivity contribution in [2.24, 2.45) is 5.14 Å². The number of pyridine rings is 1. The van der Waals surface area contributed by atoms with Gasteiger partial charge in [-0.05, 0) is 30.7 Å². The molecular formula is C13H12N4O2S. The molecule has 0 radical (unpaired) electrons. The van der Waals surface area contributed by atoms with Crippen LogP contribution in [-0.2, 0) is 10.0 Å². The lowest BCUT2D eigenvalue weighted by Gasteiger charge is -2.07. The number of H-pyrrole nitrogens is 1. The van der Waals surface area contributed by atoms with Crippen LogP contribution in [0.15, 0.2) is 41.4 Å². The maximum absolute atomic E-state index is 11.5. The normalized spacial score (nSPS) is 11.9. The molecule has 102 valence electrons. The fraction of sp³-hybridized carbons (Fsp3) is 0.0769. The molecule has 0 atom stereocenters. The van der Waals surface area contributed by atoms with Crippen LogP contribution >= 0.6 is 0 Å². The minimum absolute atomic E-state index is 0.100. The Hall–Kier alpha value is -2.25. The number of fused-ring (bicyclic) bond motifs is 1. The van der Waals surface area contributed by atoms with Gasteiger partial charge in [0.15, 0.2) is 5.65 Å². The molecule has 3 N–H and O–H groups in total. The molecule has 6 nitrogen and oxygen atoms in total. The van der Waals surface area contributed by atoms with Crippen LogP contribution in [0.5, 0.6) is 0 Å². The second-order valence-electron chi connectivity index (χ2n) is 4.43. The van der Waals surface area contributed by atoms with Crippen LogP contribution in [0.3, 0.4) is 0 Å². The number of nitrogens with two attached hydrogens (primary N) is 1. The molecular weight excluding hydrogens is 276 g/mol. The van der Waals surface area contributed by atoms with E-state index in [1.807, 2.05) is 6.07 Å². The Morgan fingerprint density at radius 2 is 2.00 bits per heavy atom. The van der Waals surface area contributed by atoms with E-state index < -0.39 is 10.0 Å². The molecule has 0 amide bonds. The molecule has 2 heterocycles. The SMILES string of the molecule is Cc1c(-c2nc3ncccc3[nH]2)cccc1S(N)(=O)=O. The van der Waals surface area contributed by atoms with Gasteiger partial charge >= 0.3 is 0 Å². The summed E-state index contributed by atoms with van der Waals surface area (Å²) in [6, 6.07) is 8.58. The third-order valence-corrected chi connectivity index (χ3v) is 4.16. The highest BCUT2D eigenvalue weighted by atomic mass is 32.2. The van der Waals surface area contributed by atoms with Crippen molar-refractivity contribution >= 4 is 21.2 Å². The smallest absolute Gasteiger partial charge is 0.238 e. The molecule has 20 heavy (non-hydrogen) atoms. The summed E-state index contributed by atoms with van der Waals surface area (Å²) in [5.41, 5.74) is 2.63. The number of nitrogens with one attached hydrogen (secondary N) is 1. The lowest BCUT2D eigenvalue weighted by Crippen LogP contribution is -2.14. The minimum Gasteiger partial charge on any atom is -0.337 e. The molecule has 3 aromatic rings. The minimum atomic E-state index is -3.75. The average Bonchev–Trinajstić information content (AvgIpc) is 2.81. The fourth-order valence-electron chi connectivity index (χ4n) is 2.15. The van der Waals surface area contributed by atoms with Crippen LogP contribution in [-0.4, -0.2) is 23.4 Å². The van der Waals surface area contributed by atoms with Crippen LogP contribution in [0.25, 0.3) is 22.6 Å². The predicted molar refractivity (Wildman–Crippen MR) is 75.4 cm³/mol. The Kier molecular flexibility index (Phi) is 2.81. The molecule has 0 fully saturated rings. The summed E-state index contributed by atoms with van der Waals surface area (Å²) in [5, 5.41) is 5.21. The number of sulfonamides is 1. The molecule has 0 spiro atoms. The van der Waals surface area contributed by atoms with E-state index in [2.05, 4.69) is 15.0 Å². The summed E-state index contributed by atoms with van der Waals surface area (Å²) in [5.74, 6) is 0.571. The van der Waals surface area contributed by atoms with Crippen molar-refractivity contribution in [3.8, 4) is 11.4 Å². The van der Waals surface area contributed by atoms with E-state index in [0.717, 1.165) is 5.52 Å². The van der Waals surface area contributed by atoms with Crippen LogP contribution in [0.2, 0.25) is 0 Å². The number of primary sulfonamides is 1. The number of aromatic nitrogens is 3. The van der Waals surface area contributed by atoms with Crippen molar-refractivity contribution in [2.75, 3.05) is 0 Å². The van der Waals surface area contributed by atoms with E-state index in [0.29, 0.717) is 22.6 Å². The van der Waals surface area contributed by atoms with E-state index in [-0.39, 0.29) is 4.90 Å². The van der Waals surface area contributed by atoms with Gasteiger partial charge in [-0.15, -0.1) is 0 Å². The number of benzene rings is 1. The van der Waals surface area contributed by atoms with Crippen molar-refractivity contribution in [3.63, 3.8) is 0 Å². The first-order valence-corrected chi connectivity index (χ1v) is 7.45. The second-order valence-corrected chi connectivity index (χ2v) is 5.96. The number of rotatable bonds is 2. The van der Waals surface area contributed by atoms with E-state index in [1.54, 1.807) is 31.3 Å². The Morgan fingerprint density at radius 1 is 1.20 bits per heavy atom. The zero-order chi connectivity index (χ0) is 14.3. The summed E-state index contributed by atoms with van der Waals surface area (Å²) in [6.07, 6.45) is 1.65. The van der Waals surface area contributed by atoms with Gasteiger partial charge in [0.25, 0.3) is 0 Å². The molecule has 2 aromatic heterocycles. The quantitative estimate of drug-likeness (QED) is 0.747. The van der Waals surface area contributed by atoms with E-state index in [9.17, 15) is 8.42 Å². The Bertz CT molecular complexity index is 867. The second kappa shape index (κ2) is 4.39. The molecule has 0 saturated heterocycles. The van der Waals surface area contributed by atoms with Gasteiger partial charge in [-0.25, -0.2) is 23.5 Å². The van der Waals surface area contributed by atoms with Crippen molar-refractivity contribution in [1.82, 2.24) is 15.0 Å². The van der Waals surface area contributed by atoms with Gasteiger partial charge in [-0.3, -0.25) is 0 Å². The summed E-state index contributed by atoms with van der Waals surface area (Å²) in [4.78, 5) is 11.7. The maximum Gasteiger partial charge on any atom is 0.238 e. The molecule has 0 saturated carbocycles. The summed E-state index contributed by atoms with van der Waals surface area (Å²) >= 11 is 0. The van der Waals surface area contributed by atoms with Crippen LogP contribution < -0.4 is 5.14 Å². The van der Waals surface area contributed by atoms with Gasteiger partial charge in [0.05, 0.1) is 10.4 Å². The Morgan fingerprint density at radius 3 is 2.70 bits per heavy atom. The van der Waals surface area contributed by atoms with Gasteiger partial charge in [-0.2, -0.15) is 0 Å². The summed E-state index contributed by atoms with van der Waals surface area (Å²) < 4.78 is 23.1. The standard InChI is InChI=1S/C13H12N4O2S/c1-8-9(4-2-6-11(8)20(14,18)19)12-16-10-5-3-7-15-13(10)17-12/h2-7H,1H3,(H2,14,18,19)(H,15,16,17).